The molecule has 8 nitrogen and oxygen atoms in total. The van der Waals surface area contributed by atoms with Crippen molar-refractivity contribution in [2.24, 2.45) is 0 Å². The predicted octanol–water partition coefficient (Wildman–Crippen LogP) is 3.14. The molecule has 1 amide bonds. The third-order valence-corrected chi connectivity index (χ3v) is 3.52. The molecular formula is C17H16F2N2O6. The first-order valence-electron chi connectivity index (χ1n) is 7.58. The summed E-state index contributed by atoms with van der Waals surface area (Å²) in [6.07, 6.45) is 0. The van der Waals surface area contributed by atoms with E-state index < -0.39 is 23.1 Å². The van der Waals surface area contributed by atoms with Gasteiger partial charge >= 0.3 is 6.61 Å². The summed E-state index contributed by atoms with van der Waals surface area (Å²) in [5.41, 5.74) is -0.206. The lowest BCUT2D eigenvalue weighted by Gasteiger charge is -2.11. The lowest BCUT2D eigenvalue weighted by Crippen LogP contribution is -2.24. The van der Waals surface area contributed by atoms with Gasteiger partial charge in [-0.2, -0.15) is 8.78 Å². The highest BCUT2D eigenvalue weighted by atomic mass is 19.3. The number of carbonyl (C=O) groups is 1. The quantitative estimate of drug-likeness (QED) is 0.556. The van der Waals surface area contributed by atoms with Crippen LogP contribution in [0.2, 0.25) is 0 Å². The van der Waals surface area contributed by atoms with Crippen LogP contribution in [0.4, 0.5) is 14.5 Å². The number of halogens is 2. The molecule has 0 aliphatic carbocycles. The number of alkyl halides is 2. The molecule has 0 spiro atoms. The van der Waals surface area contributed by atoms with Gasteiger partial charge in [0.05, 0.1) is 25.2 Å². The lowest BCUT2D eigenvalue weighted by atomic mass is 10.1. The summed E-state index contributed by atoms with van der Waals surface area (Å²) in [4.78, 5) is 23.0. The molecule has 10 heteroatoms. The molecule has 0 heterocycles. The Morgan fingerprint density at radius 2 is 1.85 bits per heavy atom. The third kappa shape index (κ3) is 5.03. The Balaban J connectivity index is 2.21. The summed E-state index contributed by atoms with van der Waals surface area (Å²) >= 11 is 0. The van der Waals surface area contributed by atoms with E-state index in [4.69, 9.17) is 9.47 Å². The van der Waals surface area contributed by atoms with E-state index in [0.29, 0.717) is 5.56 Å². The van der Waals surface area contributed by atoms with Crippen LogP contribution in [0, 0.1) is 10.1 Å². The van der Waals surface area contributed by atoms with E-state index in [1.165, 1.54) is 38.5 Å². The number of rotatable bonds is 8. The van der Waals surface area contributed by atoms with Crippen molar-refractivity contribution >= 4 is 11.6 Å². The molecule has 1 N–H and O–H groups in total. The van der Waals surface area contributed by atoms with Gasteiger partial charge in [0, 0.05) is 12.6 Å². The van der Waals surface area contributed by atoms with Crippen molar-refractivity contribution in [3.05, 3.63) is 57.6 Å². The van der Waals surface area contributed by atoms with Gasteiger partial charge in [-0.05, 0) is 17.7 Å². The fourth-order valence-electron chi connectivity index (χ4n) is 2.31. The lowest BCUT2D eigenvalue weighted by molar-refractivity contribution is -0.385. The number of ether oxygens (including phenoxy) is 3. The molecule has 144 valence electrons. The minimum absolute atomic E-state index is 0.0508. The Hall–Kier alpha value is -3.43. The maximum atomic E-state index is 12.4. The molecule has 0 aromatic heterocycles. The van der Waals surface area contributed by atoms with Crippen LogP contribution in [0.15, 0.2) is 36.4 Å². The molecule has 2 aromatic carbocycles. The normalized spacial score (nSPS) is 10.4. The Morgan fingerprint density at radius 3 is 2.44 bits per heavy atom. The number of nitro groups is 1. The Morgan fingerprint density at radius 1 is 1.19 bits per heavy atom. The van der Waals surface area contributed by atoms with Crippen LogP contribution in [0.5, 0.6) is 17.2 Å². The van der Waals surface area contributed by atoms with Crippen molar-refractivity contribution in [3.8, 4) is 17.2 Å². The number of hydrogen-bond acceptors (Lipinski definition) is 6. The van der Waals surface area contributed by atoms with Crippen LogP contribution >= 0.6 is 0 Å². The van der Waals surface area contributed by atoms with Gasteiger partial charge in [-0.1, -0.05) is 12.1 Å². The van der Waals surface area contributed by atoms with Crippen LogP contribution in [-0.4, -0.2) is 31.7 Å². The number of carbonyl (C=O) groups excluding carboxylic acids is 1. The maximum Gasteiger partial charge on any atom is 0.387 e. The van der Waals surface area contributed by atoms with Crippen molar-refractivity contribution in [3.63, 3.8) is 0 Å². The van der Waals surface area contributed by atoms with E-state index in [0.717, 1.165) is 6.07 Å². The number of methoxy groups -OCH3 is 2. The fraction of sp³-hybridized carbons (Fsp3) is 0.235. The smallest absolute Gasteiger partial charge is 0.387 e. The van der Waals surface area contributed by atoms with Crippen molar-refractivity contribution in [2.75, 3.05) is 14.2 Å². The fourth-order valence-corrected chi connectivity index (χ4v) is 2.31. The van der Waals surface area contributed by atoms with E-state index in [1.807, 2.05) is 0 Å². The Kier molecular flexibility index (Phi) is 6.47. The number of hydrogen-bond donors (Lipinski definition) is 1. The third-order valence-electron chi connectivity index (χ3n) is 3.52. The average Bonchev–Trinajstić information content (AvgIpc) is 2.64. The van der Waals surface area contributed by atoms with Crippen LogP contribution in [-0.2, 0) is 6.54 Å². The zero-order valence-corrected chi connectivity index (χ0v) is 14.4. The van der Waals surface area contributed by atoms with E-state index in [-0.39, 0.29) is 29.4 Å². The van der Waals surface area contributed by atoms with Crippen LogP contribution < -0.4 is 19.5 Å². The second-order valence-corrected chi connectivity index (χ2v) is 5.19. The van der Waals surface area contributed by atoms with Gasteiger partial charge in [0.2, 0.25) is 0 Å². The highest BCUT2D eigenvalue weighted by Gasteiger charge is 2.24. The van der Waals surface area contributed by atoms with Crippen LogP contribution in [0.3, 0.4) is 0 Å². The molecule has 0 unspecified atom stereocenters. The summed E-state index contributed by atoms with van der Waals surface area (Å²) in [6, 6.07) is 8.03. The molecular weight excluding hydrogens is 366 g/mol. The summed E-state index contributed by atoms with van der Waals surface area (Å²) in [5.74, 6) is -0.533. The first-order chi connectivity index (χ1) is 12.8. The molecule has 2 aromatic rings. The Labute approximate surface area is 152 Å². The minimum atomic E-state index is -2.97. The highest BCUT2D eigenvalue weighted by Crippen LogP contribution is 2.34. The zero-order chi connectivity index (χ0) is 20.0. The summed E-state index contributed by atoms with van der Waals surface area (Å²) in [7, 11) is 2.65. The van der Waals surface area contributed by atoms with Crippen LogP contribution in [0.25, 0.3) is 0 Å². The number of amides is 1. The molecule has 0 atom stereocenters. The van der Waals surface area contributed by atoms with E-state index >= 15 is 0 Å². The number of nitrogens with zero attached hydrogens (tertiary/aromatic N) is 1. The van der Waals surface area contributed by atoms with Crippen LogP contribution in [0.1, 0.15) is 15.9 Å². The summed E-state index contributed by atoms with van der Waals surface area (Å²) in [6.45, 7) is -3.02. The molecule has 0 radical (unpaired) electrons. The molecule has 0 saturated heterocycles. The van der Waals surface area contributed by atoms with Gasteiger partial charge in [0.1, 0.15) is 11.3 Å². The summed E-state index contributed by atoms with van der Waals surface area (Å²) in [5, 5.41) is 13.8. The van der Waals surface area contributed by atoms with Gasteiger partial charge in [-0.25, -0.2) is 0 Å². The summed E-state index contributed by atoms with van der Waals surface area (Å²) < 4.78 is 38.9. The molecule has 0 saturated carbocycles. The van der Waals surface area contributed by atoms with Gasteiger partial charge in [0.15, 0.2) is 11.5 Å². The second kappa shape index (κ2) is 8.79. The van der Waals surface area contributed by atoms with E-state index in [9.17, 15) is 23.7 Å². The second-order valence-electron chi connectivity index (χ2n) is 5.19. The largest absolute Gasteiger partial charge is 0.493 e. The SMILES string of the molecule is COc1cc(C(=O)NCc2cccc(OC(F)F)c2)c([N+](=O)[O-])cc1OC. The van der Waals surface area contributed by atoms with Gasteiger partial charge in [0.25, 0.3) is 11.6 Å². The molecule has 0 fully saturated rings. The highest BCUT2D eigenvalue weighted by molar-refractivity contribution is 5.99. The van der Waals surface area contributed by atoms with Crippen molar-refractivity contribution in [2.45, 2.75) is 13.2 Å². The van der Waals surface area contributed by atoms with Gasteiger partial charge in [-0.15, -0.1) is 0 Å². The topological polar surface area (TPSA) is 99.9 Å². The van der Waals surface area contributed by atoms with Crippen molar-refractivity contribution in [1.29, 1.82) is 0 Å². The maximum absolute atomic E-state index is 12.4. The molecule has 2 rings (SSSR count). The zero-order valence-electron chi connectivity index (χ0n) is 14.4. The molecule has 0 aliphatic rings. The molecule has 0 aliphatic heterocycles. The van der Waals surface area contributed by atoms with Crippen molar-refractivity contribution in [1.82, 2.24) is 5.32 Å². The first kappa shape index (κ1) is 19.9. The predicted molar refractivity (Wildman–Crippen MR) is 90.4 cm³/mol. The van der Waals surface area contributed by atoms with Gasteiger partial charge in [-0.3, -0.25) is 14.9 Å². The average molecular weight is 382 g/mol. The minimum Gasteiger partial charge on any atom is -0.493 e. The molecule has 0 bridgehead atoms. The van der Waals surface area contributed by atoms with E-state index in [1.54, 1.807) is 6.07 Å². The monoisotopic (exact) mass is 382 g/mol. The number of nitro benzene ring substituents is 1. The Bertz CT molecular complexity index is 844. The number of benzene rings is 2. The standard InChI is InChI=1S/C17H16F2N2O6/c1-25-14-7-12(13(21(23)24)8-15(14)26-2)16(22)20-9-10-4-3-5-11(6-10)27-17(18)19/h3-8,17H,9H2,1-2H3,(H,20,22). The van der Waals surface area contributed by atoms with Crippen molar-refractivity contribution < 1.29 is 32.7 Å². The number of nitrogens with one attached hydrogen (secondary N) is 1. The van der Waals surface area contributed by atoms with Gasteiger partial charge < -0.3 is 19.5 Å². The van der Waals surface area contributed by atoms with E-state index in [2.05, 4.69) is 10.1 Å². The molecule has 27 heavy (non-hydrogen) atoms. The first-order valence-corrected chi connectivity index (χ1v) is 7.58.